The van der Waals surface area contributed by atoms with E-state index in [0.29, 0.717) is 25.0 Å². The molecule has 0 amide bonds. The minimum Gasteiger partial charge on any atom is -0.299 e. The summed E-state index contributed by atoms with van der Waals surface area (Å²) in [4.78, 5) is 23.9. The molecule has 0 fully saturated rings. The van der Waals surface area contributed by atoms with Crippen LogP contribution in [0.5, 0.6) is 0 Å². The molecule has 0 spiro atoms. The van der Waals surface area contributed by atoms with Crippen molar-refractivity contribution >= 4 is 11.6 Å². The summed E-state index contributed by atoms with van der Waals surface area (Å²) in [5, 5.41) is 0. The van der Waals surface area contributed by atoms with Crippen molar-refractivity contribution in [2.24, 2.45) is 16.7 Å². The summed E-state index contributed by atoms with van der Waals surface area (Å²) in [6.07, 6.45) is 33.3. The van der Waals surface area contributed by atoms with Gasteiger partial charge in [0, 0.05) is 25.2 Å². The van der Waals surface area contributed by atoms with Gasteiger partial charge in [-0.05, 0) is 64.0 Å². The summed E-state index contributed by atoms with van der Waals surface area (Å²) in [6.45, 7) is 21.2. The zero-order valence-electron chi connectivity index (χ0n) is 27.7. The molecule has 0 N–H and O–H groups in total. The molecule has 0 saturated heterocycles. The highest BCUT2D eigenvalue weighted by Crippen LogP contribution is 2.41. The third-order valence-electron chi connectivity index (χ3n) is 7.97. The second-order valence-electron chi connectivity index (χ2n) is 13.4. The Morgan fingerprint density at radius 1 is 0.714 bits per heavy atom. The average molecular weight is 565 g/mol. The van der Waals surface area contributed by atoms with Gasteiger partial charge >= 0.3 is 0 Å². The van der Waals surface area contributed by atoms with Gasteiger partial charge in [0.05, 0.1) is 0 Å². The molecule has 42 heavy (non-hydrogen) atoms. The largest absolute Gasteiger partial charge is 0.299 e. The van der Waals surface area contributed by atoms with E-state index in [-0.39, 0.29) is 22.5 Å². The Kier molecular flexibility index (Phi) is 12.9. The quantitative estimate of drug-likeness (QED) is 0.247. The van der Waals surface area contributed by atoms with Crippen LogP contribution >= 0.6 is 0 Å². The first-order chi connectivity index (χ1) is 19.6. The first-order valence-corrected chi connectivity index (χ1v) is 15.1. The van der Waals surface area contributed by atoms with Gasteiger partial charge in [-0.15, -0.1) is 0 Å². The molecule has 2 aliphatic carbocycles. The molecule has 0 aliphatic heterocycles. The number of carbonyl (C=O) groups is 2. The maximum Gasteiger partial charge on any atom is 0.156 e. The Morgan fingerprint density at radius 2 is 1.21 bits per heavy atom. The zero-order valence-corrected chi connectivity index (χ0v) is 27.7. The molecule has 0 radical (unpaired) electrons. The van der Waals surface area contributed by atoms with Gasteiger partial charge in [0.1, 0.15) is 5.78 Å². The third kappa shape index (κ3) is 11.4. The molecular formula is C40H52O2. The normalized spacial score (nSPS) is 23.1. The van der Waals surface area contributed by atoms with Gasteiger partial charge in [0.25, 0.3) is 0 Å². The Bertz CT molecular complexity index is 1360. The molecule has 0 aromatic rings. The number of hydrogen-bond donors (Lipinski definition) is 0. The van der Waals surface area contributed by atoms with E-state index in [0.717, 1.165) is 5.57 Å². The van der Waals surface area contributed by atoms with Crippen LogP contribution in [0.1, 0.15) is 88.5 Å². The number of hydrogen-bond acceptors (Lipinski definition) is 2. The lowest BCUT2D eigenvalue weighted by Gasteiger charge is -2.35. The summed E-state index contributed by atoms with van der Waals surface area (Å²) in [5.41, 5.74) is 8.18. The lowest BCUT2D eigenvalue weighted by molar-refractivity contribution is -0.120. The number of carbonyl (C=O) groups excluding carboxylic acids is 2. The fourth-order valence-electron chi connectivity index (χ4n) is 5.77. The maximum atomic E-state index is 12.0. The predicted octanol–water partition coefficient (Wildman–Crippen LogP) is 10.8. The van der Waals surface area contributed by atoms with Crippen molar-refractivity contribution in [2.75, 3.05) is 0 Å². The molecule has 0 bridgehead atoms. The van der Waals surface area contributed by atoms with Crippen LogP contribution in [-0.4, -0.2) is 11.6 Å². The van der Waals surface area contributed by atoms with E-state index >= 15 is 0 Å². The Labute approximate surface area is 256 Å². The van der Waals surface area contributed by atoms with Crippen LogP contribution in [0, 0.1) is 16.7 Å². The fourth-order valence-corrected chi connectivity index (χ4v) is 5.77. The molecule has 2 nitrogen and oxygen atoms in total. The summed E-state index contributed by atoms with van der Waals surface area (Å²) in [6, 6.07) is 0. The molecule has 0 aromatic heterocycles. The molecule has 2 heteroatoms. The smallest absolute Gasteiger partial charge is 0.156 e. The van der Waals surface area contributed by atoms with Crippen LogP contribution in [0.4, 0.5) is 0 Å². The van der Waals surface area contributed by atoms with E-state index in [4.69, 9.17) is 0 Å². The number of ketones is 2. The highest BCUT2D eigenvalue weighted by atomic mass is 16.1. The van der Waals surface area contributed by atoms with Gasteiger partial charge in [-0.3, -0.25) is 9.59 Å². The molecule has 0 saturated carbocycles. The van der Waals surface area contributed by atoms with E-state index in [1.54, 1.807) is 6.08 Å². The van der Waals surface area contributed by atoms with E-state index < -0.39 is 0 Å². The van der Waals surface area contributed by atoms with Gasteiger partial charge in [-0.25, -0.2) is 0 Å². The lowest BCUT2D eigenvalue weighted by atomic mass is 9.68. The monoisotopic (exact) mass is 564 g/mol. The van der Waals surface area contributed by atoms with Gasteiger partial charge in [0.15, 0.2) is 5.78 Å². The molecule has 0 aromatic carbocycles. The van der Waals surface area contributed by atoms with E-state index in [2.05, 4.69) is 154 Å². The second-order valence-corrected chi connectivity index (χ2v) is 13.4. The highest BCUT2D eigenvalue weighted by Gasteiger charge is 2.34. The molecule has 224 valence electrons. The van der Waals surface area contributed by atoms with Crippen molar-refractivity contribution in [3.63, 3.8) is 0 Å². The predicted molar refractivity (Wildman–Crippen MR) is 182 cm³/mol. The van der Waals surface area contributed by atoms with Gasteiger partial charge in [0.2, 0.25) is 0 Å². The van der Waals surface area contributed by atoms with Gasteiger partial charge in [-0.1, -0.05) is 146 Å². The van der Waals surface area contributed by atoms with Crippen molar-refractivity contribution in [3.05, 3.63) is 130 Å². The number of Topliss-reactive ketones (excluding diaryl/α,β-unsaturated/α-hetero) is 1. The minimum atomic E-state index is -0.0964. The molecule has 0 heterocycles. The maximum absolute atomic E-state index is 12.0. The van der Waals surface area contributed by atoms with E-state index in [1.165, 1.54) is 33.4 Å². The van der Waals surface area contributed by atoms with E-state index in [1.807, 2.05) is 0 Å². The molecule has 1 unspecified atom stereocenters. The third-order valence-corrected chi connectivity index (χ3v) is 7.97. The van der Waals surface area contributed by atoms with Crippen molar-refractivity contribution in [3.8, 4) is 0 Å². The number of rotatable bonds is 10. The lowest BCUT2D eigenvalue weighted by Crippen LogP contribution is -2.30. The molecular weight excluding hydrogens is 512 g/mol. The summed E-state index contributed by atoms with van der Waals surface area (Å²) < 4.78 is 0. The van der Waals surface area contributed by atoms with Crippen molar-refractivity contribution in [2.45, 2.75) is 88.5 Å². The fraction of sp³-hybridized carbons (Fsp3) is 0.400. The van der Waals surface area contributed by atoms with Crippen LogP contribution in [0.25, 0.3) is 0 Å². The van der Waals surface area contributed by atoms with Gasteiger partial charge in [-0.2, -0.15) is 0 Å². The van der Waals surface area contributed by atoms with E-state index in [9.17, 15) is 9.59 Å². The molecule has 2 rings (SSSR count). The summed E-state index contributed by atoms with van der Waals surface area (Å²) in [7, 11) is 0. The Morgan fingerprint density at radius 3 is 1.74 bits per heavy atom. The molecule has 1 atom stereocenters. The number of allylic oxidation sites excluding steroid dienone is 22. The van der Waals surface area contributed by atoms with Crippen LogP contribution in [-0.2, 0) is 9.59 Å². The standard InChI is InChI=1S/C40H52O2/c1-29(17-13-19-31(3)21-23-37-33(5)25-35(41)27-39(37,7)8)15-11-12-16-30(2)18-14-20-32(4)22-24-38-34(6)26-36(42)28-40(38,9)10/h11-25,37H,26-28H2,1-10H3/b12-11+,17-13+,18-14+,23-21+,24-22+,29-15+,30-16+,31-19+,32-20+. The Balaban J connectivity index is 1.90. The van der Waals surface area contributed by atoms with Crippen LogP contribution in [0.3, 0.4) is 0 Å². The SMILES string of the molecule is CC1=CC(=O)CC(C)(C)C1/C=C/C(C)=C/C=C/C(C)=C/C=C/C=C(C)/C=C/C=C(C)/C=C/C1=C(C)CC(=O)CC1(C)C. The van der Waals surface area contributed by atoms with Crippen LogP contribution in [0.2, 0.25) is 0 Å². The zero-order chi connectivity index (χ0) is 31.5. The minimum absolute atomic E-state index is 0.0442. The van der Waals surface area contributed by atoms with Crippen molar-refractivity contribution in [1.82, 2.24) is 0 Å². The summed E-state index contributed by atoms with van der Waals surface area (Å²) >= 11 is 0. The first-order valence-electron chi connectivity index (χ1n) is 15.1. The molecule has 2 aliphatic rings. The first kappa shape index (κ1) is 34.7. The average Bonchev–Trinajstić information content (AvgIpc) is 2.84. The topological polar surface area (TPSA) is 34.1 Å². The van der Waals surface area contributed by atoms with Crippen molar-refractivity contribution in [1.29, 1.82) is 0 Å². The van der Waals surface area contributed by atoms with Crippen molar-refractivity contribution < 1.29 is 9.59 Å². The second kappa shape index (κ2) is 15.6. The summed E-state index contributed by atoms with van der Waals surface area (Å²) in [5.74, 6) is 0.853. The van der Waals surface area contributed by atoms with Crippen LogP contribution in [0.15, 0.2) is 130 Å². The Hall–Kier alpha value is -3.52. The van der Waals surface area contributed by atoms with Gasteiger partial charge < -0.3 is 0 Å². The van der Waals surface area contributed by atoms with Crippen LogP contribution < -0.4 is 0 Å². The highest BCUT2D eigenvalue weighted by molar-refractivity contribution is 5.92.